The van der Waals surface area contributed by atoms with Gasteiger partial charge in [0.15, 0.2) is 11.7 Å². The van der Waals surface area contributed by atoms with E-state index in [4.69, 9.17) is 16.3 Å². The van der Waals surface area contributed by atoms with E-state index in [1.807, 2.05) is 0 Å². The average molecular weight is 519 g/mol. The largest absolute Gasteiger partial charge is 0.497 e. The van der Waals surface area contributed by atoms with Crippen LogP contribution in [0, 0.1) is 0 Å². The number of carbonyl (C=O) groups excluding carboxylic acids is 1. The minimum absolute atomic E-state index is 0.0587. The van der Waals surface area contributed by atoms with E-state index in [2.05, 4.69) is 15.7 Å². The van der Waals surface area contributed by atoms with Gasteiger partial charge in [-0.15, -0.1) is 0 Å². The Morgan fingerprint density at radius 2 is 1.80 bits per heavy atom. The third-order valence-electron chi connectivity index (χ3n) is 5.47. The quantitative estimate of drug-likeness (QED) is 0.388. The number of aromatic nitrogens is 2. The van der Waals surface area contributed by atoms with Gasteiger partial charge in [-0.3, -0.25) is 4.79 Å². The molecule has 4 rings (SSSR count). The lowest BCUT2D eigenvalue weighted by molar-refractivity contribution is -0.173. The Morgan fingerprint density at radius 1 is 1.11 bits per heavy atom. The molecule has 0 unspecified atom stereocenters. The Morgan fingerprint density at radius 3 is 2.40 bits per heavy atom. The minimum atomic E-state index is -4.76. The molecule has 1 aliphatic rings. The van der Waals surface area contributed by atoms with Crippen LogP contribution in [0.3, 0.4) is 0 Å². The number of carbonyl (C=O) groups is 1. The molecule has 0 bridgehead atoms. The zero-order chi connectivity index (χ0) is 25.5. The van der Waals surface area contributed by atoms with Crippen LogP contribution in [0.4, 0.5) is 37.8 Å². The highest BCUT2D eigenvalue weighted by atomic mass is 35.5. The molecular formula is C22H17ClF6N4O2. The molecule has 0 saturated carbocycles. The zero-order valence-electron chi connectivity index (χ0n) is 17.8. The maximum absolute atomic E-state index is 13.9. The van der Waals surface area contributed by atoms with Crippen molar-refractivity contribution in [3.8, 4) is 5.75 Å². The molecule has 186 valence electrons. The van der Waals surface area contributed by atoms with Gasteiger partial charge in [0.2, 0.25) is 0 Å². The molecule has 0 fully saturated rings. The summed E-state index contributed by atoms with van der Waals surface area (Å²) >= 11 is 5.57. The van der Waals surface area contributed by atoms with Crippen LogP contribution in [0.15, 0.2) is 48.5 Å². The first-order chi connectivity index (χ1) is 16.4. The summed E-state index contributed by atoms with van der Waals surface area (Å²) in [5, 5.41) is 8.39. The summed E-state index contributed by atoms with van der Waals surface area (Å²) in [6, 6.07) is 7.57. The summed E-state index contributed by atoms with van der Waals surface area (Å²) in [6.07, 6.45) is -9.82. The van der Waals surface area contributed by atoms with Gasteiger partial charge in [0, 0.05) is 18.2 Å². The molecule has 2 aromatic carbocycles. The smallest absolute Gasteiger partial charge is 0.417 e. The summed E-state index contributed by atoms with van der Waals surface area (Å²) in [4.78, 5) is 12.6. The maximum atomic E-state index is 13.9. The summed E-state index contributed by atoms with van der Waals surface area (Å²) in [6.45, 7) is 0. The van der Waals surface area contributed by atoms with Crippen molar-refractivity contribution < 1.29 is 35.9 Å². The highest BCUT2D eigenvalue weighted by Gasteiger charge is 2.47. The number of amides is 1. The average Bonchev–Trinajstić information content (AvgIpc) is 3.22. The second-order valence-corrected chi connectivity index (χ2v) is 8.18. The van der Waals surface area contributed by atoms with Crippen LogP contribution in [0.25, 0.3) is 0 Å². The molecule has 1 amide bonds. The number of nitrogens with zero attached hydrogens (tertiary/aromatic N) is 2. The van der Waals surface area contributed by atoms with E-state index in [0.29, 0.717) is 22.1 Å². The third-order valence-corrected chi connectivity index (χ3v) is 5.80. The van der Waals surface area contributed by atoms with E-state index in [1.165, 1.54) is 7.11 Å². The van der Waals surface area contributed by atoms with E-state index in [0.717, 1.165) is 18.2 Å². The van der Waals surface area contributed by atoms with Crippen molar-refractivity contribution in [2.45, 2.75) is 30.9 Å². The Hall–Kier alpha value is -3.41. The number of hydrogen-bond donors (Lipinski definition) is 2. The Labute approximate surface area is 199 Å². The predicted molar refractivity (Wildman–Crippen MR) is 116 cm³/mol. The molecule has 3 aromatic rings. The number of fused-ring (bicyclic) bond motifs is 1. The first-order valence-corrected chi connectivity index (χ1v) is 10.5. The SMILES string of the molecule is COc1ccc([C@H]2C[C@H](C(F)(F)F)n3nc(C(=O)Nc4ccc(Cl)c(C(F)(F)F)c4)cc3N2)cc1. The van der Waals surface area contributed by atoms with Gasteiger partial charge in [0.25, 0.3) is 5.91 Å². The molecule has 2 heterocycles. The molecule has 1 aromatic heterocycles. The van der Waals surface area contributed by atoms with Crippen LogP contribution in [-0.2, 0) is 6.18 Å². The second-order valence-electron chi connectivity index (χ2n) is 7.77. The number of methoxy groups -OCH3 is 1. The first kappa shape index (κ1) is 24.7. The van der Waals surface area contributed by atoms with Gasteiger partial charge in [0.1, 0.15) is 11.6 Å². The van der Waals surface area contributed by atoms with E-state index in [1.54, 1.807) is 24.3 Å². The molecule has 2 N–H and O–H groups in total. The number of alkyl halides is 6. The van der Waals surface area contributed by atoms with Crippen molar-refractivity contribution in [1.82, 2.24) is 9.78 Å². The molecule has 35 heavy (non-hydrogen) atoms. The summed E-state index contributed by atoms with van der Waals surface area (Å²) < 4.78 is 86.5. The molecule has 13 heteroatoms. The van der Waals surface area contributed by atoms with Crippen LogP contribution in [0.5, 0.6) is 5.75 Å². The van der Waals surface area contributed by atoms with Gasteiger partial charge >= 0.3 is 12.4 Å². The Kier molecular flexibility index (Phi) is 6.34. The lowest BCUT2D eigenvalue weighted by atomic mass is 9.97. The van der Waals surface area contributed by atoms with Crippen LogP contribution in [0.2, 0.25) is 5.02 Å². The van der Waals surface area contributed by atoms with E-state index >= 15 is 0 Å². The van der Waals surface area contributed by atoms with Gasteiger partial charge in [0.05, 0.1) is 23.7 Å². The molecular weight excluding hydrogens is 502 g/mol. The van der Waals surface area contributed by atoms with Crippen molar-refractivity contribution in [2.75, 3.05) is 17.7 Å². The number of nitrogens with one attached hydrogen (secondary N) is 2. The molecule has 0 saturated heterocycles. The van der Waals surface area contributed by atoms with Gasteiger partial charge in [-0.05, 0) is 35.9 Å². The van der Waals surface area contributed by atoms with E-state index in [-0.39, 0.29) is 11.5 Å². The van der Waals surface area contributed by atoms with Gasteiger partial charge in [-0.25, -0.2) is 4.68 Å². The number of anilines is 2. The number of rotatable bonds is 4. The molecule has 2 atom stereocenters. The van der Waals surface area contributed by atoms with E-state index < -0.39 is 53.0 Å². The zero-order valence-corrected chi connectivity index (χ0v) is 18.6. The lowest BCUT2D eigenvalue weighted by Crippen LogP contribution is -2.35. The Bertz CT molecular complexity index is 1240. The summed E-state index contributed by atoms with van der Waals surface area (Å²) in [5.41, 5.74) is -1.24. The topological polar surface area (TPSA) is 68.2 Å². The van der Waals surface area contributed by atoms with Crippen LogP contribution < -0.4 is 15.4 Å². The van der Waals surface area contributed by atoms with Crippen LogP contribution >= 0.6 is 11.6 Å². The van der Waals surface area contributed by atoms with E-state index in [9.17, 15) is 31.1 Å². The summed E-state index contributed by atoms with van der Waals surface area (Å²) in [7, 11) is 1.46. The molecule has 1 aliphatic heterocycles. The maximum Gasteiger partial charge on any atom is 0.417 e. The number of benzene rings is 2. The Balaban J connectivity index is 1.62. The van der Waals surface area contributed by atoms with Crippen molar-refractivity contribution in [3.05, 3.63) is 70.4 Å². The van der Waals surface area contributed by atoms with Gasteiger partial charge < -0.3 is 15.4 Å². The van der Waals surface area contributed by atoms with Crippen molar-refractivity contribution in [2.24, 2.45) is 0 Å². The minimum Gasteiger partial charge on any atom is -0.497 e. The molecule has 6 nitrogen and oxygen atoms in total. The fraction of sp³-hybridized carbons (Fsp3) is 0.273. The fourth-order valence-corrected chi connectivity index (χ4v) is 3.98. The van der Waals surface area contributed by atoms with Crippen LogP contribution in [-0.4, -0.2) is 29.0 Å². The van der Waals surface area contributed by atoms with Crippen molar-refractivity contribution in [1.29, 1.82) is 0 Å². The second kappa shape index (κ2) is 8.99. The highest BCUT2D eigenvalue weighted by molar-refractivity contribution is 6.31. The standard InChI is InChI=1S/C22H17ClF6N4O2/c1-35-13-5-2-11(3-6-13)16-9-18(22(27,28)29)33-19(31-16)10-17(32-33)20(34)30-12-4-7-15(23)14(8-12)21(24,25)26/h2-8,10,16,18,31H,9H2,1H3,(H,30,34)/t16-,18-/m1/s1. The first-order valence-electron chi connectivity index (χ1n) is 10.1. The third kappa shape index (κ3) is 5.16. The number of halogens is 7. The monoisotopic (exact) mass is 518 g/mol. The number of hydrogen-bond acceptors (Lipinski definition) is 4. The van der Waals surface area contributed by atoms with Gasteiger partial charge in [-0.1, -0.05) is 23.7 Å². The normalized spacial score (nSPS) is 17.9. The van der Waals surface area contributed by atoms with Crippen LogP contribution in [0.1, 0.15) is 40.1 Å². The molecule has 0 radical (unpaired) electrons. The lowest BCUT2D eigenvalue weighted by Gasteiger charge is -2.33. The summed E-state index contributed by atoms with van der Waals surface area (Å²) in [5.74, 6) is -0.500. The molecule has 0 spiro atoms. The van der Waals surface area contributed by atoms with Crippen molar-refractivity contribution >= 4 is 29.0 Å². The predicted octanol–water partition coefficient (Wildman–Crippen LogP) is 6.48. The number of ether oxygens (including phenoxy) is 1. The molecule has 0 aliphatic carbocycles. The van der Waals surface area contributed by atoms with Crippen molar-refractivity contribution in [3.63, 3.8) is 0 Å². The highest BCUT2D eigenvalue weighted by Crippen LogP contribution is 2.44. The fourth-order valence-electron chi connectivity index (χ4n) is 3.75. The van der Waals surface area contributed by atoms with Gasteiger partial charge in [-0.2, -0.15) is 31.4 Å².